The maximum absolute atomic E-state index is 13.5. The third-order valence-electron chi connectivity index (χ3n) is 5.70. The van der Waals surface area contributed by atoms with Gasteiger partial charge >= 0.3 is 0 Å². The molecule has 0 saturated heterocycles. The summed E-state index contributed by atoms with van der Waals surface area (Å²) in [6.07, 6.45) is 0. The molecule has 0 saturated carbocycles. The first kappa shape index (κ1) is 24.8. The van der Waals surface area contributed by atoms with E-state index in [-0.39, 0.29) is 23.4 Å². The maximum Gasteiger partial charge on any atom is 0.264 e. The molecule has 3 rings (SSSR count). The van der Waals surface area contributed by atoms with Crippen LogP contribution in [-0.2, 0) is 14.8 Å². The number of rotatable bonds is 7. The van der Waals surface area contributed by atoms with Crippen molar-refractivity contribution in [3.8, 4) is 0 Å². The highest BCUT2D eigenvalue weighted by molar-refractivity contribution is 7.92. The molecule has 0 unspecified atom stereocenters. The Balaban J connectivity index is 1.91. The van der Waals surface area contributed by atoms with Crippen molar-refractivity contribution in [1.82, 2.24) is 5.32 Å². The zero-order valence-electron chi connectivity index (χ0n) is 19.5. The lowest BCUT2D eigenvalue weighted by molar-refractivity contribution is -0.120. The van der Waals surface area contributed by atoms with E-state index in [9.17, 15) is 13.2 Å². The lowest BCUT2D eigenvalue weighted by Gasteiger charge is -2.26. The molecule has 5 nitrogen and oxygen atoms in total. The molecule has 0 aliphatic heterocycles. The molecule has 7 heteroatoms. The van der Waals surface area contributed by atoms with Crippen molar-refractivity contribution >= 4 is 33.2 Å². The summed E-state index contributed by atoms with van der Waals surface area (Å²) >= 11 is 5.94. The molecular formula is C26H29ClN2O3S. The van der Waals surface area contributed by atoms with E-state index in [2.05, 4.69) is 24.4 Å². The summed E-state index contributed by atoms with van der Waals surface area (Å²) < 4.78 is 28.1. The minimum atomic E-state index is -3.99. The highest BCUT2D eigenvalue weighted by atomic mass is 35.5. The summed E-state index contributed by atoms with van der Waals surface area (Å²) in [5, 5.41) is 3.40. The summed E-state index contributed by atoms with van der Waals surface area (Å²) in [7, 11) is -3.99. The van der Waals surface area contributed by atoms with Crippen LogP contribution in [0.15, 0.2) is 65.6 Å². The van der Waals surface area contributed by atoms with Crippen molar-refractivity contribution in [1.29, 1.82) is 0 Å². The molecule has 1 atom stereocenters. The van der Waals surface area contributed by atoms with Crippen molar-refractivity contribution in [3.05, 3.63) is 93.5 Å². The van der Waals surface area contributed by atoms with Gasteiger partial charge in [0.15, 0.2) is 0 Å². The molecule has 1 N–H and O–H groups in total. The minimum Gasteiger partial charge on any atom is -0.348 e. The lowest BCUT2D eigenvalue weighted by atomic mass is 9.96. The van der Waals surface area contributed by atoms with Gasteiger partial charge in [-0.05, 0) is 98.8 Å². The second kappa shape index (κ2) is 9.98. The van der Waals surface area contributed by atoms with Crippen molar-refractivity contribution in [3.63, 3.8) is 0 Å². The predicted octanol–water partition coefficient (Wildman–Crippen LogP) is 5.65. The van der Waals surface area contributed by atoms with Crippen LogP contribution in [0.2, 0.25) is 5.02 Å². The van der Waals surface area contributed by atoms with Gasteiger partial charge in [-0.15, -0.1) is 0 Å². The van der Waals surface area contributed by atoms with Gasteiger partial charge in [-0.3, -0.25) is 9.10 Å². The topological polar surface area (TPSA) is 66.5 Å². The average molecular weight is 485 g/mol. The van der Waals surface area contributed by atoms with E-state index in [0.717, 1.165) is 26.6 Å². The second-order valence-electron chi connectivity index (χ2n) is 8.39. The van der Waals surface area contributed by atoms with Crippen LogP contribution in [-0.4, -0.2) is 20.9 Å². The van der Waals surface area contributed by atoms with Gasteiger partial charge in [0.25, 0.3) is 10.0 Å². The van der Waals surface area contributed by atoms with Gasteiger partial charge in [0.05, 0.1) is 16.6 Å². The van der Waals surface area contributed by atoms with E-state index >= 15 is 0 Å². The van der Waals surface area contributed by atoms with E-state index in [4.69, 9.17) is 11.6 Å². The molecule has 0 aliphatic rings. The lowest BCUT2D eigenvalue weighted by Crippen LogP contribution is -2.41. The van der Waals surface area contributed by atoms with Gasteiger partial charge in [0.2, 0.25) is 5.91 Å². The number of benzene rings is 3. The number of hydrogen-bond donors (Lipinski definition) is 1. The number of carbonyl (C=O) groups is 1. The Morgan fingerprint density at radius 3 is 2.21 bits per heavy atom. The van der Waals surface area contributed by atoms with Crippen molar-refractivity contribution in [2.24, 2.45) is 0 Å². The van der Waals surface area contributed by atoms with Crippen LogP contribution in [0.5, 0.6) is 0 Å². The van der Waals surface area contributed by atoms with E-state index in [1.54, 1.807) is 18.2 Å². The normalized spacial score (nSPS) is 12.3. The number of halogens is 1. The van der Waals surface area contributed by atoms with Gasteiger partial charge < -0.3 is 5.32 Å². The molecule has 0 radical (unpaired) electrons. The first-order valence-corrected chi connectivity index (χ1v) is 12.5. The molecular weight excluding hydrogens is 456 g/mol. The van der Waals surface area contributed by atoms with Crippen LogP contribution < -0.4 is 9.62 Å². The molecule has 0 spiro atoms. The van der Waals surface area contributed by atoms with Crippen LogP contribution in [0.3, 0.4) is 0 Å². The van der Waals surface area contributed by atoms with E-state index in [0.29, 0.717) is 10.7 Å². The Morgan fingerprint density at radius 1 is 0.939 bits per heavy atom. The average Bonchev–Trinajstić information content (AvgIpc) is 2.74. The quantitative estimate of drug-likeness (QED) is 0.471. The summed E-state index contributed by atoms with van der Waals surface area (Å²) in [5.74, 6) is -0.390. The Labute approximate surface area is 201 Å². The number of nitrogens with one attached hydrogen (secondary N) is 1. The SMILES string of the molecule is Cc1cccc(N(CC(=O)N[C@H](C)c2cc(C)c(C)cc2C)S(=O)(=O)c2ccc(Cl)cc2)c1. The zero-order valence-corrected chi connectivity index (χ0v) is 21.1. The highest BCUT2D eigenvalue weighted by Crippen LogP contribution is 2.26. The third kappa shape index (κ3) is 5.75. The van der Waals surface area contributed by atoms with Crippen LogP contribution >= 0.6 is 11.6 Å². The monoisotopic (exact) mass is 484 g/mol. The van der Waals surface area contributed by atoms with E-state index in [1.165, 1.54) is 29.8 Å². The zero-order chi connectivity index (χ0) is 24.3. The highest BCUT2D eigenvalue weighted by Gasteiger charge is 2.28. The second-order valence-corrected chi connectivity index (χ2v) is 10.7. The molecule has 33 heavy (non-hydrogen) atoms. The van der Waals surface area contributed by atoms with Gasteiger partial charge in [-0.1, -0.05) is 35.9 Å². The number of amides is 1. The van der Waals surface area contributed by atoms with Gasteiger partial charge in [-0.2, -0.15) is 0 Å². The van der Waals surface area contributed by atoms with Crippen molar-refractivity contribution < 1.29 is 13.2 Å². The fraction of sp³-hybridized carbons (Fsp3) is 0.269. The third-order valence-corrected chi connectivity index (χ3v) is 7.74. The van der Waals surface area contributed by atoms with Crippen LogP contribution in [0.25, 0.3) is 0 Å². The van der Waals surface area contributed by atoms with Crippen molar-refractivity contribution in [2.45, 2.75) is 45.6 Å². The molecule has 0 heterocycles. The molecule has 174 valence electrons. The molecule has 3 aromatic carbocycles. The summed E-state index contributed by atoms with van der Waals surface area (Å²) in [4.78, 5) is 13.1. The largest absolute Gasteiger partial charge is 0.348 e. The van der Waals surface area contributed by atoms with Gasteiger partial charge in [0, 0.05) is 5.02 Å². The number of nitrogens with zero attached hydrogens (tertiary/aromatic N) is 1. The molecule has 0 aliphatic carbocycles. The smallest absolute Gasteiger partial charge is 0.264 e. The van der Waals surface area contributed by atoms with Gasteiger partial charge in [0.1, 0.15) is 6.54 Å². The molecule has 1 amide bonds. The Kier molecular flexibility index (Phi) is 7.50. The Morgan fingerprint density at radius 2 is 1.58 bits per heavy atom. The Hall–Kier alpha value is -2.83. The Bertz CT molecular complexity index is 1270. The summed E-state index contributed by atoms with van der Waals surface area (Å²) in [6, 6.07) is 16.9. The molecule has 0 aromatic heterocycles. The fourth-order valence-corrected chi connectivity index (χ4v) is 5.32. The number of aryl methyl sites for hydroxylation is 4. The number of carbonyl (C=O) groups excluding carboxylic acids is 1. The number of anilines is 1. The molecule has 0 fully saturated rings. The number of hydrogen-bond acceptors (Lipinski definition) is 3. The van der Waals surface area contributed by atoms with Crippen LogP contribution in [0.1, 0.15) is 40.8 Å². The summed E-state index contributed by atoms with van der Waals surface area (Å²) in [6.45, 7) is 9.53. The fourth-order valence-electron chi connectivity index (χ4n) is 3.78. The molecule has 3 aromatic rings. The molecule has 0 bridgehead atoms. The standard InChI is InChI=1S/C26H29ClN2O3S/c1-17-7-6-8-23(13-17)29(33(31,32)24-11-9-22(27)10-12-24)16-26(30)28-21(5)25-15-19(3)18(2)14-20(25)4/h6-15,21H,16H2,1-5H3,(H,28,30)/t21-/m1/s1. The summed E-state index contributed by atoms with van der Waals surface area (Å²) in [5.41, 5.74) is 5.74. The number of sulfonamides is 1. The van der Waals surface area contributed by atoms with E-state index < -0.39 is 10.0 Å². The van der Waals surface area contributed by atoms with Crippen LogP contribution in [0.4, 0.5) is 5.69 Å². The maximum atomic E-state index is 13.5. The first-order valence-electron chi connectivity index (χ1n) is 10.7. The minimum absolute atomic E-state index is 0.0688. The van der Waals surface area contributed by atoms with Gasteiger partial charge in [-0.25, -0.2) is 8.42 Å². The van der Waals surface area contributed by atoms with Crippen molar-refractivity contribution in [2.75, 3.05) is 10.8 Å². The predicted molar refractivity (Wildman–Crippen MR) is 134 cm³/mol. The first-order chi connectivity index (χ1) is 15.5. The van der Waals surface area contributed by atoms with E-state index in [1.807, 2.05) is 33.8 Å². The van der Waals surface area contributed by atoms with Crippen LogP contribution in [0, 0.1) is 27.7 Å².